The highest BCUT2D eigenvalue weighted by molar-refractivity contribution is 5.80. The van der Waals surface area contributed by atoms with Gasteiger partial charge in [-0.3, -0.25) is 9.69 Å². The molecular formula is C18H26N2O. The highest BCUT2D eigenvalue weighted by Gasteiger charge is 2.31. The van der Waals surface area contributed by atoms with Crippen LogP contribution < -0.4 is 5.32 Å². The second kappa shape index (κ2) is 6.18. The van der Waals surface area contributed by atoms with Gasteiger partial charge in [0.1, 0.15) is 0 Å². The van der Waals surface area contributed by atoms with Crippen LogP contribution in [0.2, 0.25) is 0 Å². The van der Waals surface area contributed by atoms with E-state index in [9.17, 15) is 4.79 Å². The molecule has 3 heteroatoms. The van der Waals surface area contributed by atoms with E-state index in [1.54, 1.807) is 0 Å². The summed E-state index contributed by atoms with van der Waals surface area (Å²) in [5.41, 5.74) is 2.93. The number of hydrogen-bond acceptors (Lipinski definition) is 2. The maximum absolute atomic E-state index is 11.9. The predicted octanol–water partition coefficient (Wildman–Crippen LogP) is 2.60. The lowest BCUT2D eigenvalue weighted by atomic mass is 9.95. The zero-order valence-corrected chi connectivity index (χ0v) is 13.1. The topological polar surface area (TPSA) is 32.3 Å². The Hall–Kier alpha value is -1.35. The second-order valence-electron chi connectivity index (χ2n) is 6.82. The van der Waals surface area contributed by atoms with E-state index in [0.717, 1.165) is 38.9 Å². The molecule has 1 unspecified atom stereocenters. The van der Waals surface area contributed by atoms with Crippen molar-refractivity contribution in [1.29, 1.82) is 0 Å². The van der Waals surface area contributed by atoms with Gasteiger partial charge in [0.15, 0.2) is 0 Å². The van der Waals surface area contributed by atoms with Gasteiger partial charge in [-0.05, 0) is 36.3 Å². The van der Waals surface area contributed by atoms with Crippen LogP contribution in [0, 0.1) is 11.8 Å². The number of amides is 1. The zero-order chi connectivity index (χ0) is 14.8. The number of carbonyl (C=O) groups excluding carboxylic acids is 1. The van der Waals surface area contributed by atoms with Crippen molar-refractivity contribution < 1.29 is 4.79 Å². The van der Waals surface area contributed by atoms with Gasteiger partial charge in [0, 0.05) is 31.6 Å². The van der Waals surface area contributed by atoms with Gasteiger partial charge >= 0.3 is 0 Å². The third-order valence-corrected chi connectivity index (χ3v) is 4.83. The molecule has 1 N–H and O–H groups in total. The fourth-order valence-corrected chi connectivity index (χ4v) is 3.28. The van der Waals surface area contributed by atoms with Crippen molar-refractivity contribution in [3.8, 4) is 0 Å². The molecule has 1 saturated carbocycles. The van der Waals surface area contributed by atoms with Crippen molar-refractivity contribution in [1.82, 2.24) is 10.2 Å². The van der Waals surface area contributed by atoms with Crippen LogP contribution in [0.4, 0.5) is 0 Å². The molecular weight excluding hydrogens is 260 g/mol. The van der Waals surface area contributed by atoms with E-state index in [1.165, 1.54) is 11.1 Å². The van der Waals surface area contributed by atoms with Crippen molar-refractivity contribution >= 4 is 5.91 Å². The minimum atomic E-state index is 0.262. The number of fused-ring (bicyclic) bond motifs is 1. The first kappa shape index (κ1) is 14.6. The molecule has 3 nitrogen and oxygen atoms in total. The summed E-state index contributed by atoms with van der Waals surface area (Å²) in [6.45, 7) is 7.41. The Morgan fingerprint density at radius 2 is 2.00 bits per heavy atom. The molecule has 3 rings (SSSR count). The summed E-state index contributed by atoms with van der Waals surface area (Å²) in [6, 6.07) is 9.17. The summed E-state index contributed by atoms with van der Waals surface area (Å²) in [5.74, 6) is 1.12. The zero-order valence-electron chi connectivity index (χ0n) is 13.1. The van der Waals surface area contributed by atoms with E-state index in [0.29, 0.717) is 17.9 Å². The molecule has 2 aliphatic rings. The first-order valence-electron chi connectivity index (χ1n) is 8.23. The average molecular weight is 286 g/mol. The van der Waals surface area contributed by atoms with Crippen LogP contribution in [-0.4, -0.2) is 29.9 Å². The molecule has 1 fully saturated rings. The molecule has 1 atom stereocenters. The van der Waals surface area contributed by atoms with Gasteiger partial charge in [0.2, 0.25) is 5.91 Å². The van der Waals surface area contributed by atoms with Gasteiger partial charge < -0.3 is 5.32 Å². The molecule has 0 radical (unpaired) electrons. The number of nitrogens with zero attached hydrogens (tertiary/aromatic N) is 1. The summed E-state index contributed by atoms with van der Waals surface area (Å²) in [6.07, 6.45) is 3.28. The number of benzene rings is 1. The molecule has 1 aromatic rings. The molecule has 0 spiro atoms. The molecule has 1 amide bonds. The summed E-state index contributed by atoms with van der Waals surface area (Å²) >= 11 is 0. The number of rotatable bonds is 5. The van der Waals surface area contributed by atoms with Crippen LogP contribution in [0.1, 0.15) is 37.8 Å². The van der Waals surface area contributed by atoms with Crippen LogP contribution in [-0.2, 0) is 17.8 Å². The monoisotopic (exact) mass is 286 g/mol. The Morgan fingerprint density at radius 1 is 1.29 bits per heavy atom. The quantitative estimate of drug-likeness (QED) is 0.902. The van der Waals surface area contributed by atoms with E-state index >= 15 is 0 Å². The molecule has 1 aromatic carbocycles. The van der Waals surface area contributed by atoms with Crippen molar-refractivity contribution in [3.05, 3.63) is 35.4 Å². The maximum atomic E-state index is 11.9. The van der Waals surface area contributed by atoms with Gasteiger partial charge in [-0.2, -0.15) is 0 Å². The van der Waals surface area contributed by atoms with Crippen LogP contribution in [0.5, 0.6) is 0 Å². The van der Waals surface area contributed by atoms with Crippen LogP contribution in [0.15, 0.2) is 24.3 Å². The molecule has 114 valence electrons. The first-order chi connectivity index (χ1) is 10.1. The van der Waals surface area contributed by atoms with Crippen LogP contribution in [0.25, 0.3) is 0 Å². The van der Waals surface area contributed by atoms with E-state index < -0.39 is 0 Å². The normalized spacial score (nSPS) is 20.1. The Kier molecular flexibility index (Phi) is 4.29. The van der Waals surface area contributed by atoms with E-state index in [-0.39, 0.29) is 5.91 Å². The Balaban J connectivity index is 1.63. The summed E-state index contributed by atoms with van der Waals surface area (Å²) in [4.78, 5) is 14.4. The molecule has 1 heterocycles. The number of carbonyl (C=O) groups is 1. The summed E-state index contributed by atoms with van der Waals surface area (Å²) in [7, 11) is 0. The Bertz CT molecular complexity index is 508. The third kappa shape index (κ3) is 3.46. The Labute approximate surface area is 127 Å². The fourth-order valence-electron chi connectivity index (χ4n) is 3.28. The maximum Gasteiger partial charge on any atom is 0.223 e. The minimum absolute atomic E-state index is 0.262. The van der Waals surface area contributed by atoms with Crippen LogP contribution in [0.3, 0.4) is 0 Å². The Morgan fingerprint density at radius 3 is 2.67 bits per heavy atom. The van der Waals surface area contributed by atoms with Gasteiger partial charge in [-0.25, -0.2) is 0 Å². The molecule has 0 aromatic heterocycles. The van der Waals surface area contributed by atoms with Crippen molar-refractivity contribution in [3.63, 3.8) is 0 Å². The van der Waals surface area contributed by atoms with Crippen LogP contribution >= 0.6 is 0 Å². The highest BCUT2D eigenvalue weighted by atomic mass is 16.2. The van der Waals surface area contributed by atoms with Gasteiger partial charge in [0.25, 0.3) is 0 Å². The minimum Gasteiger partial charge on any atom is -0.354 e. The molecule has 0 bridgehead atoms. The lowest BCUT2D eigenvalue weighted by molar-refractivity contribution is -0.122. The lowest BCUT2D eigenvalue weighted by Gasteiger charge is -2.38. The first-order valence-corrected chi connectivity index (χ1v) is 8.23. The van der Waals surface area contributed by atoms with Gasteiger partial charge in [-0.1, -0.05) is 38.1 Å². The van der Waals surface area contributed by atoms with Gasteiger partial charge in [0.05, 0.1) is 0 Å². The number of nitrogens with one attached hydrogen (secondary N) is 1. The molecule has 0 saturated heterocycles. The van der Waals surface area contributed by atoms with E-state index in [1.807, 2.05) is 0 Å². The smallest absolute Gasteiger partial charge is 0.223 e. The van der Waals surface area contributed by atoms with Crippen molar-refractivity contribution in [2.45, 2.75) is 45.7 Å². The van der Waals surface area contributed by atoms with Crippen molar-refractivity contribution in [2.24, 2.45) is 11.8 Å². The predicted molar refractivity (Wildman–Crippen MR) is 84.9 cm³/mol. The standard InChI is InChI=1S/C18H26N2O/c1-13(2)17(11-19-18(21)15-7-8-15)20-10-9-14-5-3-4-6-16(14)12-20/h3-6,13,15,17H,7-12H2,1-2H3,(H,19,21). The third-order valence-electron chi connectivity index (χ3n) is 4.83. The largest absolute Gasteiger partial charge is 0.354 e. The van der Waals surface area contributed by atoms with Crippen molar-refractivity contribution in [2.75, 3.05) is 13.1 Å². The fraction of sp³-hybridized carbons (Fsp3) is 0.611. The van der Waals surface area contributed by atoms with E-state index in [2.05, 4.69) is 48.3 Å². The average Bonchev–Trinajstić information content (AvgIpc) is 3.31. The second-order valence-corrected chi connectivity index (χ2v) is 6.82. The molecule has 1 aliphatic heterocycles. The molecule has 21 heavy (non-hydrogen) atoms. The summed E-state index contributed by atoms with van der Waals surface area (Å²) in [5, 5.41) is 3.17. The van der Waals surface area contributed by atoms with E-state index in [4.69, 9.17) is 0 Å². The lowest BCUT2D eigenvalue weighted by Crippen LogP contribution is -2.48. The summed E-state index contributed by atoms with van der Waals surface area (Å²) < 4.78 is 0. The SMILES string of the molecule is CC(C)C(CNC(=O)C1CC1)N1CCc2ccccc2C1. The highest BCUT2D eigenvalue weighted by Crippen LogP contribution is 2.29. The molecule has 1 aliphatic carbocycles. The van der Waals surface area contributed by atoms with Gasteiger partial charge in [-0.15, -0.1) is 0 Å². The number of hydrogen-bond donors (Lipinski definition) is 1.